The molecule has 12 unspecified atom stereocenters. The lowest BCUT2D eigenvalue weighted by atomic mass is 9.32. The number of carbonyl (C=O) groups is 3. The summed E-state index contributed by atoms with van der Waals surface area (Å²) in [7, 11) is 0. The number of hydrogen-bond acceptors (Lipinski definition) is 5. The molecule has 6 saturated carbocycles. The molecule has 6 rings (SSSR count). The Balaban J connectivity index is 1.20. The van der Waals surface area contributed by atoms with E-state index in [2.05, 4.69) is 53.4 Å². The van der Waals surface area contributed by atoms with Crippen LogP contribution in [0.15, 0.2) is 12.2 Å². The Morgan fingerprint density at radius 2 is 1.54 bits per heavy atom. The van der Waals surface area contributed by atoms with Crippen molar-refractivity contribution in [2.75, 3.05) is 6.61 Å². The lowest BCUT2D eigenvalue weighted by Gasteiger charge is -2.72. The van der Waals surface area contributed by atoms with E-state index < -0.39 is 22.9 Å². The molecule has 0 aliphatic heterocycles. The van der Waals surface area contributed by atoms with Crippen LogP contribution in [0.1, 0.15) is 139 Å². The summed E-state index contributed by atoms with van der Waals surface area (Å²) in [5.41, 5.74) is 0.491. The largest absolute Gasteiger partial charge is 0.481 e. The van der Waals surface area contributed by atoms with Crippen molar-refractivity contribution in [3.05, 3.63) is 12.2 Å². The van der Waals surface area contributed by atoms with Gasteiger partial charge in [0.05, 0.1) is 17.9 Å². The number of carboxylic acids is 1. The van der Waals surface area contributed by atoms with Gasteiger partial charge in [-0.15, -0.1) is 6.58 Å². The molecule has 6 aliphatic rings. The van der Waals surface area contributed by atoms with Crippen LogP contribution in [-0.4, -0.2) is 41.9 Å². The number of nitrogens with one attached hydrogen (secondary N) is 1. The Morgan fingerprint density at radius 3 is 2.17 bits per heavy atom. The summed E-state index contributed by atoms with van der Waals surface area (Å²) >= 11 is 0. The van der Waals surface area contributed by atoms with E-state index in [1.807, 2.05) is 13.8 Å². The van der Waals surface area contributed by atoms with Crippen LogP contribution >= 0.6 is 0 Å². The van der Waals surface area contributed by atoms with Crippen LogP contribution < -0.4 is 5.32 Å². The van der Waals surface area contributed by atoms with Crippen LogP contribution in [0, 0.1) is 68.0 Å². The number of esters is 1. The maximum atomic E-state index is 13.7. The van der Waals surface area contributed by atoms with Gasteiger partial charge in [0.25, 0.3) is 0 Å². The fraction of sp³-hybridized carbons (Fsp3) is 0.878. The summed E-state index contributed by atoms with van der Waals surface area (Å²) in [4.78, 5) is 38.8. The second-order valence-electron chi connectivity index (χ2n) is 19.4. The molecule has 0 radical (unpaired) electrons. The average Bonchev–Trinajstić information content (AvgIpc) is 3.36. The standard InChI is InChI=1S/C41H65NO6/c1-11-47-35(46)42-30-23-27(36(30,4)5)33(43)48-31-16-17-38(8)28(37(31,6)7)15-18-40(10)29(38)13-12-26-32-25(22-24(2)3)14-19-41(32,34(44)45)21-20-39(26,40)9/h25-32H,2,11-23H2,1,3-10H3,(H,42,46)(H,44,45). The third-order valence-electron chi connectivity index (χ3n) is 16.9. The van der Waals surface area contributed by atoms with Crippen LogP contribution in [0.25, 0.3) is 0 Å². The van der Waals surface area contributed by atoms with Crippen molar-refractivity contribution in [1.82, 2.24) is 5.32 Å². The SMILES string of the molecule is C=C(C)CC1CCC2(C(=O)O)CCC3(C)C(CCC4C5(C)CCC(OC(=O)C6CC(NC(=O)OCC)C6(C)C)C(C)(C)C5CCC43C)C12. The monoisotopic (exact) mass is 667 g/mol. The molecule has 0 aromatic rings. The van der Waals surface area contributed by atoms with Gasteiger partial charge in [0, 0.05) is 11.5 Å². The first-order valence-corrected chi connectivity index (χ1v) is 19.3. The van der Waals surface area contributed by atoms with Gasteiger partial charge in [-0.25, -0.2) is 4.79 Å². The average molecular weight is 668 g/mol. The van der Waals surface area contributed by atoms with Gasteiger partial charge in [0.1, 0.15) is 6.10 Å². The van der Waals surface area contributed by atoms with Crippen LogP contribution in [0.5, 0.6) is 0 Å². The molecule has 1 amide bonds. The molecule has 48 heavy (non-hydrogen) atoms. The number of alkyl carbamates (subject to hydrolysis) is 1. The van der Waals surface area contributed by atoms with Gasteiger partial charge in [-0.05, 0) is 142 Å². The first-order valence-electron chi connectivity index (χ1n) is 19.3. The summed E-state index contributed by atoms with van der Waals surface area (Å²) in [5, 5.41) is 13.7. The van der Waals surface area contributed by atoms with E-state index in [-0.39, 0.29) is 51.6 Å². The number of rotatable bonds is 7. The molecular weight excluding hydrogens is 602 g/mol. The molecule has 0 bridgehead atoms. The van der Waals surface area contributed by atoms with E-state index >= 15 is 0 Å². The van der Waals surface area contributed by atoms with Crippen molar-refractivity contribution < 1.29 is 29.0 Å². The maximum Gasteiger partial charge on any atom is 0.407 e. The maximum absolute atomic E-state index is 13.7. The number of hydrogen-bond donors (Lipinski definition) is 2. The summed E-state index contributed by atoms with van der Waals surface area (Å²) in [6.07, 6.45) is 11.2. The number of amides is 1. The van der Waals surface area contributed by atoms with Gasteiger partial charge in [0.2, 0.25) is 0 Å². The van der Waals surface area contributed by atoms with Crippen molar-refractivity contribution in [2.45, 2.75) is 152 Å². The van der Waals surface area contributed by atoms with Gasteiger partial charge in [-0.3, -0.25) is 9.59 Å². The fourth-order valence-electron chi connectivity index (χ4n) is 14.1. The van der Waals surface area contributed by atoms with E-state index in [0.29, 0.717) is 36.7 Å². The highest BCUT2D eigenvalue weighted by molar-refractivity contribution is 5.77. The molecule has 0 aromatic carbocycles. The van der Waals surface area contributed by atoms with Gasteiger partial charge in [0.15, 0.2) is 0 Å². The van der Waals surface area contributed by atoms with E-state index in [4.69, 9.17) is 9.47 Å². The molecule has 0 aromatic heterocycles. The summed E-state index contributed by atoms with van der Waals surface area (Å²) in [6, 6.07) is -0.106. The van der Waals surface area contributed by atoms with Crippen LogP contribution in [0.2, 0.25) is 0 Å². The Bertz CT molecular complexity index is 1340. The second-order valence-corrected chi connectivity index (χ2v) is 19.4. The Hall–Kier alpha value is -2.05. The number of aliphatic carboxylic acids is 1. The predicted molar refractivity (Wildman–Crippen MR) is 187 cm³/mol. The number of fused-ring (bicyclic) bond motifs is 7. The highest BCUT2D eigenvalue weighted by Crippen LogP contribution is 2.77. The fourth-order valence-corrected chi connectivity index (χ4v) is 14.1. The number of carbonyl (C=O) groups excluding carboxylic acids is 2. The molecule has 6 aliphatic carbocycles. The van der Waals surface area contributed by atoms with Crippen molar-refractivity contribution in [3.63, 3.8) is 0 Å². The normalized spacial score (nSPS) is 46.8. The number of ether oxygens (including phenoxy) is 2. The predicted octanol–water partition coefficient (Wildman–Crippen LogP) is 9.19. The summed E-state index contributed by atoms with van der Waals surface area (Å²) in [6.45, 7) is 25.0. The Kier molecular flexibility index (Phi) is 8.76. The van der Waals surface area contributed by atoms with Crippen molar-refractivity contribution in [3.8, 4) is 0 Å². The minimum absolute atomic E-state index is 0.106. The highest BCUT2D eigenvalue weighted by atomic mass is 16.6. The molecule has 0 saturated heterocycles. The van der Waals surface area contributed by atoms with Gasteiger partial charge in [-0.1, -0.05) is 54.0 Å². The molecule has 0 spiro atoms. The quantitative estimate of drug-likeness (QED) is 0.207. The molecule has 7 heteroatoms. The van der Waals surface area contributed by atoms with Crippen molar-refractivity contribution >= 4 is 18.0 Å². The zero-order valence-electron chi connectivity index (χ0n) is 31.5. The van der Waals surface area contributed by atoms with Crippen LogP contribution in [0.4, 0.5) is 4.79 Å². The van der Waals surface area contributed by atoms with E-state index in [1.54, 1.807) is 6.92 Å². The first-order chi connectivity index (χ1) is 22.3. The van der Waals surface area contributed by atoms with Gasteiger partial charge < -0.3 is 19.9 Å². The van der Waals surface area contributed by atoms with Crippen LogP contribution in [-0.2, 0) is 19.1 Å². The van der Waals surface area contributed by atoms with Crippen LogP contribution in [0.3, 0.4) is 0 Å². The molecule has 270 valence electrons. The van der Waals surface area contributed by atoms with E-state index in [9.17, 15) is 19.5 Å². The van der Waals surface area contributed by atoms with E-state index in [1.165, 1.54) is 12.0 Å². The molecule has 0 heterocycles. The number of carboxylic acid groups (broad SMARTS) is 1. The second kappa shape index (κ2) is 11.8. The first kappa shape index (κ1) is 35.8. The third kappa shape index (κ3) is 4.95. The summed E-state index contributed by atoms with van der Waals surface area (Å²) in [5.74, 6) is 1.21. The lowest BCUT2D eigenvalue weighted by molar-refractivity contribution is -0.252. The zero-order chi connectivity index (χ0) is 35.2. The minimum Gasteiger partial charge on any atom is -0.481 e. The molecule has 2 N–H and O–H groups in total. The smallest absolute Gasteiger partial charge is 0.407 e. The lowest BCUT2D eigenvalue weighted by Crippen LogP contribution is -2.67. The van der Waals surface area contributed by atoms with E-state index in [0.717, 1.165) is 64.2 Å². The van der Waals surface area contributed by atoms with Gasteiger partial charge in [-0.2, -0.15) is 0 Å². The topological polar surface area (TPSA) is 102 Å². The molecule has 7 nitrogen and oxygen atoms in total. The molecule has 6 fully saturated rings. The Morgan fingerprint density at radius 1 is 0.833 bits per heavy atom. The number of allylic oxidation sites excluding steroid dienone is 1. The highest BCUT2D eigenvalue weighted by Gasteiger charge is 2.72. The third-order valence-corrected chi connectivity index (χ3v) is 16.9. The Labute approximate surface area is 290 Å². The molecular formula is C41H65NO6. The van der Waals surface area contributed by atoms with Crippen molar-refractivity contribution in [2.24, 2.45) is 68.0 Å². The minimum atomic E-state index is -0.567. The summed E-state index contributed by atoms with van der Waals surface area (Å²) < 4.78 is 11.6. The molecule has 12 atom stereocenters. The van der Waals surface area contributed by atoms with Crippen molar-refractivity contribution in [1.29, 1.82) is 0 Å². The van der Waals surface area contributed by atoms with Gasteiger partial charge >= 0.3 is 18.0 Å². The zero-order valence-corrected chi connectivity index (χ0v) is 31.5.